The van der Waals surface area contributed by atoms with Gasteiger partial charge in [-0.05, 0) is 24.6 Å². The Balaban J connectivity index is 2.40. The third-order valence-corrected chi connectivity index (χ3v) is 5.72. The van der Waals surface area contributed by atoms with Crippen LogP contribution in [0, 0.1) is 5.92 Å². The molecule has 0 saturated carbocycles. The molecule has 1 aromatic carbocycles. The zero-order valence-corrected chi connectivity index (χ0v) is 12.5. The molecular formula is C12H11ClF3NO4S. The van der Waals surface area contributed by atoms with Crippen molar-refractivity contribution >= 4 is 27.6 Å². The lowest BCUT2D eigenvalue weighted by atomic mass is 10.1. The van der Waals surface area contributed by atoms with Crippen molar-refractivity contribution in [1.29, 1.82) is 0 Å². The smallest absolute Gasteiger partial charge is 0.416 e. The SMILES string of the molecule is O=C(O)[C@@H]1CCN(S(=O)(=O)c2cc(C(F)(F)F)ccc2Cl)C1. The topological polar surface area (TPSA) is 74.7 Å². The van der Waals surface area contributed by atoms with Gasteiger partial charge in [-0.3, -0.25) is 4.79 Å². The predicted molar refractivity (Wildman–Crippen MR) is 71.0 cm³/mol. The lowest BCUT2D eigenvalue weighted by molar-refractivity contribution is -0.141. The van der Waals surface area contributed by atoms with Crippen molar-refractivity contribution in [3.8, 4) is 0 Å². The molecule has 1 heterocycles. The van der Waals surface area contributed by atoms with Crippen LogP contribution in [0.1, 0.15) is 12.0 Å². The number of nitrogens with zero attached hydrogens (tertiary/aromatic N) is 1. The molecule has 5 nitrogen and oxygen atoms in total. The monoisotopic (exact) mass is 357 g/mol. The molecule has 1 aliphatic rings. The van der Waals surface area contributed by atoms with Gasteiger partial charge in [0.05, 0.1) is 16.5 Å². The molecule has 10 heteroatoms. The fourth-order valence-electron chi connectivity index (χ4n) is 2.16. The Hall–Kier alpha value is -1.32. The van der Waals surface area contributed by atoms with Crippen molar-refractivity contribution in [3.63, 3.8) is 0 Å². The van der Waals surface area contributed by atoms with Crippen LogP contribution in [-0.2, 0) is 21.0 Å². The lowest BCUT2D eigenvalue weighted by Gasteiger charge is -2.18. The number of aliphatic carboxylic acids is 1. The molecule has 1 aliphatic heterocycles. The Morgan fingerprint density at radius 3 is 2.50 bits per heavy atom. The Kier molecular flexibility index (Phi) is 4.42. The number of carboxylic acids is 1. The van der Waals surface area contributed by atoms with Gasteiger partial charge in [-0.25, -0.2) is 8.42 Å². The van der Waals surface area contributed by atoms with Gasteiger partial charge in [-0.1, -0.05) is 11.6 Å². The average Bonchev–Trinajstić information content (AvgIpc) is 2.87. The third-order valence-electron chi connectivity index (χ3n) is 3.38. The van der Waals surface area contributed by atoms with E-state index in [2.05, 4.69) is 0 Å². The van der Waals surface area contributed by atoms with E-state index in [1.807, 2.05) is 0 Å². The standard InChI is InChI=1S/C12H11ClF3NO4S/c13-9-2-1-8(12(14,15)16)5-10(9)22(20,21)17-4-3-7(6-17)11(18)19/h1-2,5,7H,3-4,6H2,(H,18,19)/t7-/m1/s1. The summed E-state index contributed by atoms with van der Waals surface area (Å²) in [5.41, 5.74) is -1.13. The Morgan fingerprint density at radius 1 is 1.36 bits per heavy atom. The van der Waals surface area contributed by atoms with Crippen LogP contribution in [0.15, 0.2) is 23.1 Å². The Labute approximate surface area is 129 Å². The molecule has 0 spiro atoms. The highest BCUT2D eigenvalue weighted by atomic mass is 35.5. The van der Waals surface area contributed by atoms with Crippen LogP contribution in [0.2, 0.25) is 5.02 Å². The van der Waals surface area contributed by atoms with Gasteiger partial charge in [0.15, 0.2) is 0 Å². The number of alkyl halides is 3. The van der Waals surface area contributed by atoms with Crippen LogP contribution in [0.25, 0.3) is 0 Å². The first-order chi connectivity index (χ1) is 10.0. The number of hydrogen-bond donors (Lipinski definition) is 1. The first-order valence-electron chi connectivity index (χ1n) is 6.13. The van der Waals surface area contributed by atoms with Gasteiger partial charge in [0, 0.05) is 13.1 Å². The van der Waals surface area contributed by atoms with Gasteiger partial charge in [-0.15, -0.1) is 0 Å². The second-order valence-electron chi connectivity index (χ2n) is 4.83. The summed E-state index contributed by atoms with van der Waals surface area (Å²) in [5, 5.41) is 8.54. The summed E-state index contributed by atoms with van der Waals surface area (Å²) in [6.07, 6.45) is -4.60. The molecule has 122 valence electrons. The summed E-state index contributed by atoms with van der Waals surface area (Å²) in [5.74, 6) is -2.02. The minimum absolute atomic E-state index is 0.0775. The van der Waals surface area contributed by atoms with Gasteiger partial charge in [0.1, 0.15) is 4.90 Å². The normalized spacial score (nSPS) is 20.3. The van der Waals surface area contributed by atoms with E-state index in [0.29, 0.717) is 12.1 Å². The zero-order valence-electron chi connectivity index (χ0n) is 11.0. The van der Waals surface area contributed by atoms with E-state index in [1.54, 1.807) is 0 Å². The summed E-state index contributed by atoms with van der Waals surface area (Å²) in [7, 11) is -4.28. The van der Waals surface area contributed by atoms with Crippen molar-refractivity contribution in [3.05, 3.63) is 28.8 Å². The maximum absolute atomic E-state index is 12.7. The second kappa shape index (κ2) is 5.71. The molecule has 1 atom stereocenters. The highest BCUT2D eigenvalue weighted by Gasteiger charge is 2.38. The highest BCUT2D eigenvalue weighted by molar-refractivity contribution is 7.89. The number of carbonyl (C=O) groups is 1. The van der Waals surface area contributed by atoms with Gasteiger partial charge in [0.25, 0.3) is 0 Å². The fraction of sp³-hybridized carbons (Fsp3) is 0.417. The second-order valence-corrected chi connectivity index (χ2v) is 7.14. The number of rotatable bonds is 3. The van der Waals surface area contributed by atoms with Crippen molar-refractivity contribution in [2.24, 2.45) is 5.92 Å². The molecule has 0 radical (unpaired) electrons. The molecular weight excluding hydrogens is 347 g/mol. The van der Waals surface area contributed by atoms with Crippen molar-refractivity contribution in [2.45, 2.75) is 17.5 Å². The summed E-state index contributed by atoms with van der Waals surface area (Å²) in [6, 6.07) is 2.01. The summed E-state index contributed by atoms with van der Waals surface area (Å²) >= 11 is 5.72. The minimum Gasteiger partial charge on any atom is -0.481 e. The quantitative estimate of drug-likeness (QED) is 0.901. The molecule has 22 heavy (non-hydrogen) atoms. The van der Waals surface area contributed by atoms with E-state index >= 15 is 0 Å². The van der Waals surface area contributed by atoms with Crippen LogP contribution in [-0.4, -0.2) is 36.9 Å². The summed E-state index contributed by atoms with van der Waals surface area (Å²) in [6.45, 7) is -0.365. The van der Waals surface area contributed by atoms with E-state index in [4.69, 9.17) is 16.7 Å². The summed E-state index contributed by atoms with van der Waals surface area (Å²) < 4.78 is 63.7. The number of hydrogen-bond acceptors (Lipinski definition) is 3. The molecule has 1 saturated heterocycles. The number of carboxylic acid groups (broad SMARTS) is 1. The molecule has 2 rings (SSSR count). The molecule has 0 bridgehead atoms. The van der Waals surface area contributed by atoms with E-state index in [1.165, 1.54) is 0 Å². The van der Waals surface area contributed by atoms with Crippen LogP contribution in [0.5, 0.6) is 0 Å². The molecule has 0 amide bonds. The van der Waals surface area contributed by atoms with Crippen LogP contribution in [0.3, 0.4) is 0 Å². The van der Waals surface area contributed by atoms with Crippen LogP contribution in [0.4, 0.5) is 13.2 Å². The molecule has 1 fully saturated rings. The van der Waals surface area contributed by atoms with Crippen molar-refractivity contribution in [2.75, 3.05) is 13.1 Å². The number of benzene rings is 1. The fourth-order valence-corrected chi connectivity index (χ4v) is 4.17. The van der Waals surface area contributed by atoms with Gasteiger partial charge >= 0.3 is 12.1 Å². The summed E-state index contributed by atoms with van der Waals surface area (Å²) in [4.78, 5) is 10.2. The van der Waals surface area contributed by atoms with E-state index < -0.39 is 38.5 Å². The Bertz CT molecular complexity index is 705. The van der Waals surface area contributed by atoms with Gasteiger partial charge in [0.2, 0.25) is 10.0 Å². The average molecular weight is 358 g/mol. The number of halogens is 4. The largest absolute Gasteiger partial charge is 0.481 e. The highest BCUT2D eigenvalue weighted by Crippen LogP contribution is 2.35. The molecule has 0 unspecified atom stereocenters. The molecule has 0 aliphatic carbocycles. The molecule has 1 aromatic rings. The van der Waals surface area contributed by atoms with E-state index in [0.717, 1.165) is 10.4 Å². The van der Waals surface area contributed by atoms with Gasteiger partial charge in [-0.2, -0.15) is 17.5 Å². The minimum atomic E-state index is -4.70. The Morgan fingerprint density at radius 2 is 2.00 bits per heavy atom. The molecule has 0 aromatic heterocycles. The van der Waals surface area contributed by atoms with Crippen molar-refractivity contribution < 1.29 is 31.5 Å². The number of sulfonamides is 1. The maximum atomic E-state index is 12.7. The predicted octanol–water partition coefficient (Wildman–Crippen LogP) is 2.45. The first-order valence-corrected chi connectivity index (χ1v) is 7.95. The van der Waals surface area contributed by atoms with E-state index in [9.17, 15) is 26.4 Å². The van der Waals surface area contributed by atoms with E-state index in [-0.39, 0.29) is 24.5 Å². The zero-order chi connectivity index (χ0) is 16.7. The third kappa shape index (κ3) is 3.21. The lowest BCUT2D eigenvalue weighted by Crippen LogP contribution is -2.30. The van der Waals surface area contributed by atoms with Crippen molar-refractivity contribution in [1.82, 2.24) is 4.31 Å². The first kappa shape index (κ1) is 17.0. The molecule has 1 N–H and O–H groups in total. The van der Waals surface area contributed by atoms with Gasteiger partial charge < -0.3 is 5.11 Å². The van der Waals surface area contributed by atoms with Crippen LogP contribution < -0.4 is 0 Å². The van der Waals surface area contributed by atoms with Crippen LogP contribution >= 0.6 is 11.6 Å². The maximum Gasteiger partial charge on any atom is 0.416 e.